The highest BCUT2D eigenvalue weighted by molar-refractivity contribution is 6.35. The van der Waals surface area contributed by atoms with E-state index >= 15 is 0 Å². The van der Waals surface area contributed by atoms with E-state index in [1.54, 1.807) is 51.1 Å². The number of ether oxygens (including phenoxy) is 4. The maximum absolute atomic E-state index is 13.8. The predicted molar refractivity (Wildman–Crippen MR) is 157 cm³/mol. The number of nitrogens with one attached hydrogen (secondary N) is 1. The third kappa shape index (κ3) is 9.69. The molecule has 1 heterocycles. The van der Waals surface area contributed by atoms with Crippen molar-refractivity contribution in [3.05, 3.63) is 87.7 Å². The lowest BCUT2D eigenvalue weighted by Gasteiger charge is -2.26. The standard InChI is InChI=1S/C31H32Cl2F2N2O6/c1-31(2,3)43-30(39)37-27(19-7-5-4-6-8-19)28(38)41-25(14-21-22(32)15-36-16-23(21)33)20-11-12-24(42-29(34)35)26(13-20)40-17-18-9-10-18/h4-8,11-13,15-16,18,25,27,29H,9-10,14,17H2,1-3H3,(H,37,39)/t25?,27-/m0/s1. The summed E-state index contributed by atoms with van der Waals surface area (Å²) in [6.07, 6.45) is 2.91. The highest BCUT2D eigenvalue weighted by Crippen LogP contribution is 2.38. The van der Waals surface area contributed by atoms with E-state index in [4.69, 9.17) is 37.4 Å². The molecule has 230 valence electrons. The van der Waals surface area contributed by atoms with Crippen molar-refractivity contribution in [1.82, 2.24) is 10.3 Å². The lowest BCUT2D eigenvalue weighted by molar-refractivity contribution is -0.152. The molecular formula is C31H32Cl2F2N2O6. The van der Waals surface area contributed by atoms with E-state index in [9.17, 15) is 18.4 Å². The summed E-state index contributed by atoms with van der Waals surface area (Å²) in [6, 6.07) is 11.6. The number of carbonyl (C=O) groups excluding carboxylic acids is 2. The molecule has 1 aliphatic rings. The number of alkyl halides is 2. The Labute approximate surface area is 258 Å². The number of carbonyl (C=O) groups is 2. The molecule has 12 heteroatoms. The number of hydrogen-bond acceptors (Lipinski definition) is 7. The summed E-state index contributed by atoms with van der Waals surface area (Å²) in [5, 5.41) is 3.07. The number of halogens is 4. The summed E-state index contributed by atoms with van der Waals surface area (Å²) in [5.41, 5.74) is 0.478. The van der Waals surface area contributed by atoms with Crippen LogP contribution in [0.4, 0.5) is 13.6 Å². The second-order valence-corrected chi connectivity index (χ2v) is 11.9. The number of benzene rings is 2. The van der Waals surface area contributed by atoms with E-state index in [1.807, 2.05) is 0 Å². The summed E-state index contributed by atoms with van der Waals surface area (Å²) >= 11 is 12.8. The number of amides is 1. The second-order valence-electron chi connectivity index (χ2n) is 11.0. The number of pyridine rings is 1. The van der Waals surface area contributed by atoms with Crippen LogP contribution in [0.25, 0.3) is 0 Å². The van der Waals surface area contributed by atoms with Crippen LogP contribution in [0.5, 0.6) is 11.5 Å². The maximum atomic E-state index is 13.8. The van der Waals surface area contributed by atoms with Crippen LogP contribution in [-0.2, 0) is 20.7 Å². The Balaban J connectivity index is 1.69. The molecule has 0 spiro atoms. The van der Waals surface area contributed by atoms with Crippen LogP contribution < -0.4 is 14.8 Å². The van der Waals surface area contributed by atoms with Gasteiger partial charge in [-0.1, -0.05) is 59.6 Å². The van der Waals surface area contributed by atoms with Gasteiger partial charge in [0.25, 0.3) is 0 Å². The molecule has 1 unspecified atom stereocenters. The SMILES string of the molecule is CC(C)(C)OC(=O)N[C@H](C(=O)OC(Cc1c(Cl)cncc1Cl)c1ccc(OC(F)F)c(OCC2CC2)c1)c1ccccc1. The summed E-state index contributed by atoms with van der Waals surface area (Å²) in [4.78, 5) is 30.5. The third-order valence-electron chi connectivity index (χ3n) is 6.36. The molecule has 4 rings (SSSR count). The van der Waals surface area contributed by atoms with Crippen LogP contribution in [0.1, 0.15) is 62.4 Å². The van der Waals surface area contributed by atoms with Crippen LogP contribution in [0, 0.1) is 5.92 Å². The summed E-state index contributed by atoms with van der Waals surface area (Å²) in [6.45, 7) is 2.36. The Morgan fingerprint density at radius 3 is 2.28 bits per heavy atom. The minimum Gasteiger partial charge on any atom is -0.489 e. The second kappa shape index (κ2) is 14.2. The Bertz CT molecular complexity index is 1400. The first-order valence-electron chi connectivity index (χ1n) is 13.6. The number of esters is 1. The van der Waals surface area contributed by atoms with Gasteiger partial charge < -0.3 is 24.3 Å². The van der Waals surface area contributed by atoms with Crippen LogP contribution in [0.3, 0.4) is 0 Å². The van der Waals surface area contributed by atoms with Crippen LogP contribution >= 0.6 is 23.2 Å². The maximum Gasteiger partial charge on any atom is 0.408 e. The fraction of sp³-hybridized carbons (Fsp3) is 0.387. The molecule has 0 radical (unpaired) electrons. The molecule has 1 aromatic heterocycles. The Hall–Kier alpha value is -3.63. The first kappa shape index (κ1) is 32.3. The fourth-order valence-electron chi connectivity index (χ4n) is 4.13. The normalized spacial score (nSPS) is 14.5. The average molecular weight is 638 g/mol. The molecule has 43 heavy (non-hydrogen) atoms. The van der Waals surface area contributed by atoms with Gasteiger partial charge in [-0.3, -0.25) is 4.98 Å². The van der Waals surface area contributed by atoms with Gasteiger partial charge in [0.2, 0.25) is 0 Å². The van der Waals surface area contributed by atoms with Gasteiger partial charge in [0.1, 0.15) is 11.7 Å². The summed E-state index contributed by atoms with van der Waals surface area (Å²) in [5.74, 6) is -0.559. The molecule has 8 nitrogen and oxygen atoms in total. The highest BCUT2D eigenvalue weighted by atomic mass is 35.5. The van der Waals surface area contributed by atoms with Crippen LogP contribution in [0.15, 0.2) is 60.9 Å². The quantitative estimate of drug-likeness (QED) is 0.202. The Morgan fingerprint density at radius 1 is 1.00 bits per heavy atom. The van der Waals surface area contributed by atoms with Crippen molar-refractivity contribution in [1.29, 1.82) is 0 Å². The van der Waals surface area contributed by atoms with Gasteiger partial charge in [0.15, 0.2) is 17.5 Å². The van der Waals surface area contributed by atoms with Gasteiger partial charge in [0.05, 0.1) is 16.7 Å². The minimum absolute atomic E-state index is 0.00299. The molecule has 3 aromatic rings. The summed E-state index contributed by atoms with van der Waals surface area (Å²) in [7, 11) is 0. The summed E-state index contributed by atoms with van der Waals surface area (Å²) < 4.78 is 48.2. The van der Waals surface area contributed by atoms with Crippen molar-refractivity contribution >= 4 is 35.3 Å². The molecule has 1 aliphatic carbocycles. The van der Waals surface area contributed by atoms with Gasteiger partial charge in [-0.2, -0.15) is 8.78 Å². The predicted octanol–water partition coefficient (Wildman–Crippen LogP) is 7.87. The van der Waals surface area contributed by atoms with E-state index in [1.165, 1.54) is 30.6 Å². The molecule has 1 amide bonds. The number of rotatable bonds is 12. The minimum atomic E-state index is -3.07. The van der Waals surface area contributed by atoms with E-state index in [2.05, 4.69) is 15.0 Å². The van der Waals surface area contributed by atoms with Crippen molar-refractivity contribution in [2.75, 3.05) is 6.61 Å². The molecule has 2 aromatic carbocycles. The Morgan fingerprint density at radius 2 is 1.67 bits per heavy atom. The van der Waals surface area contributed by atoms with Crippen LogP contribution in [-0.4, -0.2) is 35.9 Å². The van der Waals surface area contributed by atoms with Gasteiger partial charge >= 0.3 is 18.7 Å². The molecular weight excluding hydrogens is 605 g/mol. The topological polar surface area (TPSA) is 96.0 Å². The average Bonchev–Trinajstić information content (AvgIpc) is 3.76. The van der Waals surface area contributed by atoms with Crippen molar-refractivity contribution in [2.24, 2.45) is 5.92 Å². The van der Waals surface area contributed by atoms with E-state index < -0.39 is 36.4 Å². The first-order valence-corrected chi connectivity index (χ1v) is 14.4. The molecule has 0 bridgehead atoms. The highest BCUT2D eigenvalue weighted by Gasteiger charge is 2.31. The van der Waals surface area contributed by atoms with Crippen molar-refractivity contribution in [3.8, 4) is 11.5 Å². The monoisotopic (exact) mass is 636 g/mol. The van der Waals surface area contributed by atoms with E-state index in [0.29, 0.717) is 29.2 Å². The fourth-order valence-corrected chi connectivity index (χ4v) is 4.65. The molecule has 2 atom stereocenters. The largest absolute Gasteiger partial charge is 0.489 e. The van der Waals surface area contributed by atoms with Crippen LogP contribution in [0.2, 0.25) is 10.0 Å². The smallest absolute Gasteiger partial charge is 0.408 e. The van der Waals surface area contributed by atoms with Crippen molar-refractivity contribution in [3.63, 3.8) is 0 Å². The number of nitrogens with zero attached hydrogens (tertiary/aromatic N) is 1. The van der Waals surface area contributed by atoms with Gasteiger partial charge in [0, 0.05) is 18.8 Å². The zero-order valence-electron chi connectivity index (χ0n) is 23.8. The zero-order chi connectivity index (χ0) is 31.1. The molecule has 0 saturated heterocycles. The lowest BCUT2D eigenvalue weighted by Crippen LogP contribution is -2.39. The lowest BCUT2D eigenvalue weighted by atomic mass is 10.0. The van der Waals surface area contributed by atoms with Gasteiger partial charge in [-0.15, -0.1) is 0 Å². The Kier molecular flexibility index (Phi) is 10.7. The first-order chi connectivity index (χ1) is 20.4. The molecule has 0 aliphatic heterocycles. The van der Waals surface area contributed by atoms with E-state index in [0.717, 1.165) is 12.8 Å². The van der Waals surface area contributed by atoms with Crippen molar-refractivity contribution in [2.45, 2.75) is 64.4 Å². The third-order valence-corrected chi connectivity index (χ3v) is 7.01. The number of aromatic nitrogens is 1. The van der Waals surface area contributed by atoms with Crippen molar-refractivity contribution < 1.29 is 37.3 Å². The van der Waals surface area contributed by atoms with Gasteiger partial charge in [-0.25, -0.2) is 9.59 Å². The number of alkyl carbamates (subject to hydrolysis) is 1. The zero-order valence-corrected chi connectivity index (χ0v) is 25.3. The van der Waals surface area contributed by atoms with E-state index in [-0.39, 0.29) is 28.0 Å². The van der Waals surface area contributed by atoms with Gasteiger partial charge in [-0.05, 0) is 68.4 Å². The molecule has 1 N–H and O–H groups in total. The molecule has 1 fully saturated rings. The molecule has 1 saturated carbocycles. The number of hydrogen-bond donors (Lipinski definition) is 1.